The Kier molecular flexibility index (Phi) is 4.25. The molecular formula is C16H23NO2. The second kappa shape index (κ2) is 5.74. The molecule has 1 heterocycles. The Labute approximate surface area is 115 Å². The zero-order chi connectivity index (χ0) is 14.0. The van der Waals surface area contributed by atoms with Crippen LogP contribution in [0.15, 0.2) is 18.2 Å². The maximum atomic E-state index is 11.2. The molecule has 1 aromatic carbocycles. The van der Waals surface area contributed by atoms with Crippen LogP contribution in [0.1, 0.15) is 30.0 Å². The molecule has 0 amide bonds. The number of carbonyl (C=O) groups is 1. The molecule has 0 spiro atoms. The number of carboxylic acids is 1. The van der Waals surface area contributed by atoms with Crippen LogP contribution >= 0.6 is 0 Å². The first kappa shape index (κ1) is 14.1. The molecule has 1 N–H and O–H groups in total. The maximum Gasteiger partial charge on any atom is 0.307 e. The van der Waals surface area contributed by atoms with Crippen molar-refractivity contribution < 1.29 is 9.90 Å². The smallest absolute Gasteiger partial charge is 0.307 e. The first-order chi connectivity index (χ1) is 8.97. The number of aryl methyl sites for hydroxylation is 2. The van der Waals surface area contributed by atoms with Crippen molar-refractivity contribution in [1.29, 1.82) is 0 Å². The number of benzene rings is 1. The Morgan fingerprint density at radius 3 is 2.53 bits per heavy atom. The molecule has 3 nitrogen and oxygen atoms in total. The lowest BCUT2D eigenvalue weighted by Gasteiger charge is -2.35. The first-order valence-electron chi connectivity index (χ1n) is 6.97. The molecular weight excluding hydrogens is 238 g/mol. The van der Waals surface area contributed by atoms with Crippen LogP contribution in [0.5, 0.6) is 0 Å². The third-order valence-corrected chi connectivity index (χ3v) is 4.11. The highest BCUT2D eigenvalue weighted by Crippen LogP contribution is 2.25. The topological polar surface area (TPSA) is 40.5 Å². The van der Waals surface area contributed by atoms with Gasteiger partial charge >= 0.3 is 5.97 Å². The molecule has 0 radical (unpaired) electrons. The van der Waals surface area contributed by atoms with Crippen LogP contribution in [0.3, 0.4) is 0 Å². The Bertz CT molecular complexity index is 450. The molecule has 0 aromatic heterocycles. The molecule has 3 heteroatoms. The van der Waals surface area contributed by atoms with Gasteiger partial charge in [0.2, 0.25) is 0 Å². The number of likely N-dealkylation sites (tertiary alicyclic amines) is 1. The highest BCUT2D eigenvalue weighted by Gasteiger charge is 2.29. The Morgan fingerprint density at radius 2 is 1.95 bits per heavy atom. The summed E-state index contributed by atoms with van der Waals surface area (Å²) in [7, 11) is 0. The van der Waals surface area contributed by atoms with E-state index < -0.39 is 5.97 Å². The van der Waals surface area contributed by atoms with Gasteiger partial charge in [-0.25, -0.2) is 0 Å². The second-order valence-corrected chi connectivity index (χ2v) is 5.94. The van der Waals surface area contributed by atoms with Crippen molar-refractivity contribution in [1.82, 2.24) is 4.90 Å². The number of hydrogen-bond donors (Lipinski definition) is 1. The van der Waals surface area contributed by atoms with Crippen LogP contribution in [-0.2, 0) is 11.3 Å². The molecule has 19 heavy (non-hydrogen) atoms. The summed E-state index contributed by atoms with van der Waals surface area (Å²) in [6, 6.07) is 6.34. The zero-order valence-electron chi connectivity index (χ0n) is 12.0. The maximum absolute atomic E-state index is 11.2. The van der Waals surface area contributed by atoms with E-state index >= 15 is 0 Å². The van der Waals surface area contributed by atoms with Crippen molar-refractivity contribution >= 4 is 5.97 Å². The van der Waals surface area contributed by atoms with E-state index in [0.717, 1.165) is 19.5 Å². The van der Waals surface area contributed by atoms with Gasteiger partial charge in [-0.3, -0.25) is 9.69 Å². The molecule has 1 saturated heterocycles. The average molecular weight is 261 g/mol. The first-order valence-corrected chi connectivity index (χ1v) is 6.97. The quantitative estimate of drug-likeness (QED) is 0.909. The van der Waals surface area contributed by atoms with Gasteiger partial charge in [-0.2, -0.15) is 0 Å². The van der Waals surface area contributed by atoms with Crippen LogP contribution < -0.4 is 0 Å². The minimum absolute atomic E-state index is 0.215. The van der Waals surface area contributed by atoms with Crippen LogP contribution in [0, 0.1) is 25.7 Å². The van der Waals surface area contributed by atoms with E-state index in [1.54, 1.807) is 0 Å². The summed E-state index contributed by atoms with van der Waals surface area (Å²) in [5.41, 5.74) is 3.94. The van der Waals surface area contributed by atoms with Gasteiger partial charge in [0.25, 0.3) is 0 Å². The third-order valence-electron chi connectivity index (χ3n) is 4.11. The second-order valence-electron chi connectivity index (χ2n) is 5.94. The highest BCUT2D eigenvalue weighted by molar-refractivity contribution is 5.70. The molecule has 0 bridgehead atoms. The number of carboxylic acid groups (broad SMARTS) is 1. The average Bonchev–Trinajstić information content (AvgIpc) is 2.33. The number of piperidine rings is 1. The monoisotopic (exact) mass is 261 g/mol. The summed E-state index contributed by atoms with van der Waals surface area (Å²) in [5, 5.41) is 9.22. The van der Waals surface area contributed by atoms with E-state index in [0.29, 0.717) is 12.5 Å². The predicted molar refractivity (Wildman–Crippen MR) is 76.1 cm³/mol. The van der Waals surface area contributed by atoms with Crippen molar-refractivity contribution in [3.05, 3.63) is 34.9 Å². The highest BCUT2D eigenvalue weighted by atomic mass is 16.4. The molecule has 0 saturated carbocycles. The van der Waals surface area contributed by atoms with E-state index in [9.17, 15) is 9.90 Å². The minimum Gasteiger partial charge on any atom is -0.481 e. The summed E-state index contributed by atoms with van der Waals surface area (Å²) < 4.78 is 0. The van der Waals surface area contributed by atoms with Crippen LogP contribution in [0.4, 0.5) is 0 Å². The predicted octanol–water partition coefficient (Wildman–Crippen LogP) is 2.85. The van der Waals surface area contributed by atoms with Crippen LogP contribution in [0.25, 0.3) is 0 Å². The summed E-state index contributed by atoms with van der Waals surface area (Å²) in [6.07, 6.45) is 0.804. The molecule has 2 atom stereocenters. The molecule has 104 valence electrons. The lowest BCUT2D eigenvalue weighted by molar-refractivity contribution is -0.144. The molecule has 1 aliphatic heterocycles. The Morgan fingerprint density at radius 1 is 1.32 bits per heavy atom. The van der Waals surface area contributed by atoms with Gasteiger partial charge in [0.15, 0.2) is 0 Å². The fourth-order valence-corrected chi connectivity index (χ4v) is 3.09. The SMILES string of the molecule is Cc1cccc(C)c1CN1CC(C)CC(C(=O)O)C1. The fraction of sp³-hybridized carbons (Fsp3) is 0.562. The van der Waals surface area contributed by atoms with E-state index in [2.05, 4.69) is 43.9 Å². The molecule has 0 aliphatic carbocycles. The zero-order valence-corrected chi connectivity index (χ0v) is 12.0. The van der Waals surface area contributed by atoms with Gasteiger partial charge in [0, 0.05) is 19.6 Å². The number of rotatable bonds is 3. The van der Waals surface area contributed by atoms with Gasteiger partial charge in [0.1, 0.15) is 0 Å². The van der Waals surface area contributed by atoms with Gasteiger partial charge in [-0.15, -0.1) is 0 Å². The number of hydrogen-bond acceptors (Lipinski definition) is 2. The lowest BCUT2D eigenvalue weighted by atomic mass is 9.90. The van der Waals surface area contributed by atoms with Crippen LogP contribution in [0.2, 0.25) is 0 Å². The van der Waals surface area contributed by atoms with Crippen molar-refractivity contribution in [2.75, 3.05) is 13.1 Å². The van der Waals surface area contributed by atoms with Gasteiger partial charge in [-0.05, 0) is 42.9 Å². The van der Waals surface area contributed by atoms with Crippen LogP contribution in [-0.4, -0.2) is 29.1 Å². The number of nitrogens with zero attached hydrogens (tertiary/aromatic N) is 1. The summed E-state index contributed by atoms with van der Waals surface area (Å²) in [5.74, 6) is -0.412. The minimum atomic E-state index is -0.655. The van der Waals surface area contributed by atoms with Gasteiger partial charge in [-0.1, -0.05) is 25.1 Å². The summed E-state index contributed by atoms with van der Waals surface area (Å²) in [4.78, 5) is 13.5. The van der Waals surface area contributed by atoms with E-state index in [4.69, 9.17) is 0 Å². The molecule has 2 unspecified atom stereocenters. The molecule has 1 aromatic rings. The third kappa shape index (κ3) is 3.35. The summed E-state index contributed by atoms with van der Waals surface area (Å²) >= 11 is 0. The van der Waals surface area contributed by atoms with Crippen molar-refractivity contribution in [3.8, 4) is 0 Å². The van der Waals surface area contributed by atoms with Gasteiger partial charge in [0.05, 0.1) is 5.92 Å². The standard InChI is InChI=1S/C16H23NO2/c1-11-7-14(16(18)19)9-17(8-11)10-15-12(2)5-4-6-13(15)3/h4-6,11,14H,7-10H2,1-3H3,(H,18,19). The molecule has 1 aliphatic rings. The summed E-state index contributed by atoms with van der Waals surface area (Å²) in [6.45, 7) is 8.94. The van der Waals surface area contributed by atoms with E-state index in [1.165, 1.54) is 16.7 Å². The Balaban J connectivity index is 2.12. The fourth-order valence-electron chi connectivity index (χ4n) is 3.09. The molecule has 1 fully saturated rings. The van der Waals surface area contributed by atoms with Crippen molar-refractivity contribution in [2.24, 2.45) is 11.8 Å². The van der Waals surface area contributed by atoms with E-state index in [-0.39, 0.29) is 5.92 Å². The van der Waals surface area contributed by atoms with E-state index in [1.807, 2.05) is 0 Å². The van der Waals surface area contributed by atoms with Crippen molar-refractivity contribution in [3.63, 3.8) is 0 Å². The number of aliphatic carboxylic acids is 1. The van der Waals surface area contributed by atoms with Gasteiger partial charge < -0.3 is 5.11 Å². The normalized spacial score (nSPS) is 24.4. The Hall–Kier alpha value is -1.35. The largest absolute Gasteiger partial charge is 0.481 e. The molecule has 2 rings (SSSR count). The lowest BCUT2D eigenvalue weighted by Crippen LogP contribution is -2.42. The van der Waals surface area contributed by atoms with Crippen molar-refractivity contribution in [2.45, 2.75) is 33.7 Å².